The van der Waals surface area contributed by atoms with Crippen LogP contribution in [0.3, 0.4) is 0 Å². The van der Waals surface area contributed by atoms with E-state index in [9.17, 15) is 14.0 Å². The van der Waals surface area contributed by atoms with Crippen LogP contribution < -0.4 is 20.6 Å². The molecule has 0 aliphatic heterocycles. The van der Waals surface area contributed by atoms with Crippen LogP contribution in [-0.2, 0) is 0 Å². The second-order valence-electron chi connectivity index (χ2n) is 7.00. The van der Waals surface area contributed by atoms with Crippen LogP contribution in [0.4, 0.5) is 4.39 Å². The Labute approximate surface area is 184 Å². The molecule has 1 amide bonds. The number of nitrogens with one attached hydrogen (secondary N) is 2. The highest BCUT2D eigenvalue weighted by Crippen LogP contribution is 2.29. The minimum Gasteiger partial charge on any atom is -0.490 e. The lowest BCUT2D eigenvalue weighted by molar-refractivity contribution is 0.0949. The third kappa shape index (κ3) is 6.00. The number of ether oxygens (including phenoxy) is 2. The van der Waals surface area contributed by atoms with Crippen LogP contribution in [0.1, 0.15) is 36.8 Å². The van der Waals surface area contributed by atoms with Crippen molar-refractivity contribution in [1.82, 2.24) is 15.4 Å². The first-order valence-electron chi connectivity index (χ1n) is 10.00. The van der Waals surface area contributed by atoms with Gasteiger partial charge in [0.25, 0.3) is 5.91 Å². The molecule has 32 heavy (non-hydrogen) atoms. The summed E-state index contributed by atoms with van der Waals surface area (Å²) in [6.07, 6.45) is 1.44. The van der Waals surface area contributed by atoms with Crippen molar-refractivity contribution in [2.75, 3.05) is 6.61 Å². The Balaban J connectivity index is 1.74. The molecule has 0 unspecified atom stereocenters. The second-order valence-corrected chi connectivity index (χ2v) is 7.00. The summed E-state index contributed by atoms with van der Waals surface area (Å²) in [6, 6.07) is 12.1. The number of nitrogens with zero attached hydrogens (tertiary/aromatic N) is 2. The lowest BCUT2D eigenvalue weighted by Crippen LogP contribution is -2.24. The average molecular weight is 438 g/mol. The fourth-order valence-corrected chi connectivity index (χ4v) is 2.80. The lowest BCUT2D eigenvalue weighted by Gasteiger charge is -2.14. The van der Waals surface area contributed by atoms with Crippen molar-refractivity contribution in [2.45, 2.75) is 26.9 Å². The highest BCUT2D eigenvalue weighted by atomic mass is 19.1. The van der Waals surface area contributed by atoms with Gasteiger partial charge < -0.3 is 14.5 Å². The van der Waals surface area contributed by atoms with Crippen molar-refractivity contribution in [3.63, 3.8) is 0 Å². The molecule has 0 saturated carbocycles. The van der Waals surface area contributed by atoms with Crippen molar-refractivity contribution in [2.24, 2.45) is 5.10 Å². The summed E-state index contributed by atoms with van der Waals surface area (Å²) in [5, 5.41) is 3.94. The molecule has 2 N–H and O–H groups in total. The van der Waals surface area contributed by atoms with Crippen LogP contribution in [0.15, 0.2) is 58.4 Å². The van der Waals surface area contributed by atoms with Crippen molar-refractivity contribution >= 4 is 12.1 Å². The van der Waals surface area contributed by atoms with Crippen molar-refractivity contribution in [3.05, 3.63) is 76.1 Å². The third-order valence-electron chi connectivity index (χ3n) is 4.14. The normalized spacial score (nSPS) is 11.0. The summed E-state index contributed by atoms with van der Waals surface area (Å²) >= 11 is 0. The van der Waals surface area contributed by atoms with E-state index in [0.717, 1.165) is 0 Å². The van der Waals surface area contributed by atoms with Crippen LogP contribution in [-0.4, -0.2) is 34.8 Å². The Bertz CT molecular complexity index is 1170. The van der Waals surface area contributed by atoms with Gasteiger partial charge in [0.05, 0.1) is 24.6 Å². The number of carbonyl (C=O) groups excluding carboxylic acids is 1. The van der Waals surface area contributed by atoms with E-state index in [1.807, 2.05) is 20.8 Å². The van der Waals surface area contributed by atoms with E-state index < -0.39 is 17.4 Å². The zero-order valence-electron chi connectivity index (χ0n) is 17.9. The van der Waals surface area contributed by atoms with E-state index >= 15 is 0 Å². The van der Waals surface area contributed by atoms with Crippen LogP contribution in [0.2, 0.25) is 0 Å². The largest absolute Gasteiger partial charge is 0.490 e. The number of halogens is 1. The predicted octanol–water partition coefficient (Wildman–Crippen LogP) is 3.53. The molecule has 0 aliphatic rings. The molecule has 0 aliphatic carbocycles. The molecule has 0 spiro atoms. The van der Waals surface area contributed by atoms with Crippen LogP contribution in [0.25, 0.3) is 11.3 Å². The summed E-state index contributed by atoms with van der Waals surface area (Å²) in [5.74, 6) is 0.140. The molecule has 3 rings (SSSR count). The van der Waals surface area contributed by atoms with E-state index in [1.165, 1.54) is 36.5 Å². The molecule has 2 aromatic carbocycles. The lowest BCUT2D eigenvalue weighted by atomic mass is 10.1. The molecule has 0 saturated heterocycles. The van der Waals surface area contributed by atoms with E-state index in [0.29, 0.717) is 29.2 Å². The van der Waals surface area contributed by atoms with Crippen molar-refractivity contribution < 1.29 is 18.7 Å². The first-order chi connectivity index (χ1) is 15.4. The molecule has 1 aromatic heterocycles. The highest BCUT2D eigenvalue weighted by molar-refractivity contribution is 5.94. The Kier molecular flexibility index (Phi) is 7.33. The Morgan fingerprint density at radius 1 is 1.19 bits per heavy atom. The molecule has 0 fully saturated rings. The monoisotopic (exact) mass is 438 g/mol. The maximum atomic E-state index is 13.1. The minimum absolute atomic E-state index is 0.00432. The molecule has 9 heteroatoms. The number of hydrazone groups is 1. The molecule has 0 radical (unpaired) electrons. The van der Waals surface area contributed by atoms with Gasteiger partial charge in [0.2, 0.25) is 0 Å². The van der Waals surface area contributed by atoms with Gasteiger partial charge in [0.15, 0.2) is 11.5 Å². The van der Waals surface area contributed by atoms with E-state index in [-0.39, 0.29) is 17.5 Å². The number of hydrogen-bond donors (Lipinski definition) is 2. The quantitative estimate of drug-likeness (QED) is 0.413. The standard InChI is InChI=1S/C23H23FN4O4/c1-4-31-21-11-15(5-10-20(21)32-14(2)3)13-25-28-22(29)19-12-18(26-23(30)27-19)16-6-8-17(24)9-7-16/h5-14H,4H2,1-3H3,(H,28,29)(H,26,27,30)/b25-13+. The summed E-state index contributed by atoms with van der Waals surface area (Å²) < 4.78 is 24.5. The maximum absolute atomic E-state index is 13.1. The smallest absolute Gasteiger partial charge is 0.346 e. The van der Waals surface area contributed by atoms with Gasteiger partial charge in [-0.3, -0.25) is 4.79 Å². The van der Waals surface area contributed by atoms with E-state index in [4.69, 9.17) is 9.47 Å². The van der Waals surface area contributed by atoms with Crippen molar-refractivity contribution in [3.8, 4) is 22.8 Å². The molecule has 166 valence electrons. The zero-order chi connectivity index (χ0) is 23.1. The number of benzene rings is 2. The Morgan fingerprint density at radius 2 is 1.94 bits per heavy atom. The first kappa shape index (κ1) is 22.7. The minimum atomic E-state index is -0.706. The number of carbonyl (C=O) groups is 1. The number of hydrogen-bond acceptors (Lipinski definition) is 6. The maximum Gasteiger partial charge on any atom is 0.346 e. The van der Waals surface area contributed by atoms with Gasteiger partial charge in [-0.2, -0.15) is 10.1 Å². The predicted molar refractivity (Wildman–Crippen MR) is 119 cm³/mol. The molecular weight excluding hydrogens is 415 g/mol. The van der Waals surface area contributed by atoms with Gasteiger partial charge in [0.1, 0.15) is 11.5 Å². The number of H-pyrrole nitrogens is 1. The fourth-order valence-electron chi connectivity index (χ4n) is 2.80. The Morgan fingerprint density at radius 3 is 2.62 bits per heavy atom. The van der Waals surface area contributed by atoms with Gasteiger partial charge in [-0.15, -0.1) is 0 Å². The van der Waals surface area contributed by atoms with Gasteiger partial charge in [-0.1, -0.05) is 0 Å². The van der Waals surface area contributed by atoms with Crippen molar-refractivity contribution in [1.29, 1.82) is 0 Å². The number of rotatable bonds is 8. The van der Waals surface area contributed by atoms with E-state index in [2.05, 4.69) is 20.5 Å². The molecule has 0 atom stereocenters. The molecule has 1 heterocycles. The molecule has 8 nitrogen and oxygen atoms in total. The SMILES string of the molecule is CCOc1cc(/C=N/NC(=O)c2cc(-c3ccc(F)cc3)nc(=O)[nH]2)ccc1OC(C)C. The Hall–Kier alpha value is -4.01. The number of aromatic nitrogens is 2. The van der Waals surface area contributed by atoms with Gasteiger partial charge in [-0.05, 0) is 74.9 Å². The topological polar surface area (TPSA) is 106 Å². The second kappa shape index (κ2) is 10.3. The zero-order valence-corrected chi connectivity index (χ0v) is 17.9. The van der Waals surface area contributed by atoms with Gasteiger partial charge >= 0.3 is 5.69 Å². The summed E-state index contributed by atoms with van der Waals surface area (Å²) in [5.41, 5.74) is 3.05. The van der Waals surface area contributed by atoms with Gasteiger partial charge in [0, 0.05) is 5.56 Å². The molecule has 3 aromatic rings. The first-order valence-corrected chi connectivity index (χ1v) is 10.00. The molecular formula is C23H23FN4O4. The van der Waals surface area contributed by atoms with Crippen LogP contribution in [0.5, 0.6) is 11.5 Å². The van der Waals surface area contributed by atoms with E-state index in [1.54, 1.807) is 18.2 Å². The van der Waals surface area contributed by atoms with Crippen LogP contribution >= 0.6 is 0 Å². The number of amides is 1. The number of aromatic amines is 1. The van der Waals surface area contributed by atoms with Gasteiger partial charge in [-0.25, -0.2) is 14.6 Å². The third-order valence-corrected chi connectivity index (χ3v) is 4.14. The molecule has 0 bridgehead atoms. The highest BCUT2D eigenvalue weighted by Gasteiger charge is 2.11. The summed E-state index contributed by atoms with van der Waals surface area (Å²) in [6.45, 7) is 6.19. The van der Waals surface area contributed by atoms with Crippen LogP contribution in [0, 0.1) is 5.82 Å². The summed E-state index contributed by atoms with van der Waals surface area (Å²) in [4.78, 5) is 30.5. The fraction of sp³-hybridized carbons (Fsp3) is 0.217. The average Bonchev–Trinajstić information content (AvgIpc) is 2.75. The summed E-state index contributed by atoms with van der Waals surface area (Å²) in [7, 11) is 0.